The fourth-order valence-electron chi connectivity index (χ4n) is 3.62. The van der Waals surface area contributed by atoms with Crippen LogP contribution in [0.2, 0.25) is 0 Å². The van der Waals surface area contributed by atoms with Gasteiger partial charge in [0.25, 0.3) is 11.1 Å². The summed E-state index contributed by atoms with van der Waals surface area (Å²) in [4.78, 5) is 26.1. The van der Waals surface area contributed by atoms with Crippen LogP contribution < -0.4 is 14.8 Å². The smallest absolute Gasteiger partial charge is 0.341 e. The minimum atomic E-state index is -0.425. The molecular weight excluding hydrogens is 466 g/mol. The maximum absolute atomic E-state index is 12.6. The SMILES string of the molecule is COC(=O)c1c(NC(=O)CSc2nnc(-c3cc(OC)ccc3OC)o2)sc2c1CCCC2. The number of benzene rings is 1. The van der Waals surface area contributed by atoms with Gasteiger partial charge >= 0.3 is 5.97 Å². The molecule has 4 rings (SSSR count). The van der Waals surface area contributed by atoms with Crippen molar-refractivity contribution in [3.05, 3.63) is 34.2 Å². The first-order valence-corrected chi connectivity index (χ1v) is 12.1. The van der Waals surface area contributed by atoms with E-state index in [1.807, 2.05) is 0 Å². The number of anilines is 1. The number of thiophene rings is 1. The average molecular weight is 490 g/mol. The summed E-state index contributed by atoms with van der Waals surface area (Å²) in [6, 6.07) is 5.25. The predicted molar refractivity (Wildman–Crippen MR) is 124 cm³/mol. The van der Waals surface area contributed by atoms with E-state index in [1.165, 1.54) is 18.4 Å². The summed E-state index contributed by atoms with van der Waals surface area (Å²) in [5.74, 6) is 0.782. The van der Waals surface area contributed by atoms with Crippen LogP contribution in [0.1, 0.15) is 33.6 Å². The molecule has 0 saturated carbocycles. The maximum Gasteiger partial charge on any atom is 0.341 e. The van der Waals surface area contributed by atoms with E-state index in [4.69, 9.17) is 18.6 Å². The molecule has 0 spiro atoms. The van der Waals surface area contributed by atoms with Gasteiger partial charge in [-0.25, -0.2) is 4.79 Å². The quantitative estimate of drug-likeness (QED) is 0.367. The first-order valence-electron chi connectivity index (χ1n) is 10.3. The molecule has 2 heterocycles. The largest absolute Gasteiger partial charge is 0.497 e. The predicted octanol–water partition coefficient (Wildman–Crippen LogP) is 4.21. The van der Waals surface area contributed by atoms with Crippen molar-refractivity contribution in [2.45, 2.75) is 30.9 Å². The van der Waals surface area contributed by atoms with Crippen LogP contribution >= 0.6 is 23.1 Å². The van der Waals surface area contributed by atoms with E-state index in [-0.39, 0.29) is 22.8 Å². The summed E-state index contributed by atoms with van der Waals surface area (Å²) in [6.07, 6.45) is 3.83. The summed E-state index contributed by atoms with van der Waals surface area (Å²) >= 11 is 2.55. The molecule has 1 N–H and O–H groups in total. The van der Waals surface area contributed by atoms with Crippen molar-refractivity contribution in [3.8, 4) is 23.0 Å². The van der Waals surface area contributed by atoms with Crippen molar-refractivity contribution in [3.63, 3.8) is 0 Å². The fourth-order valence-corrected chi connectivity index (χ4v) is 5.48. The van der Waals surface area contributed by atoms with Crippen molar-refractivity contribution in [2.24, 2.45) is 0 Å². The lowest BCUT2D eigenvalue weighted by Crippen LogP contribution is -2.16. The molecule has 0 saturated heterocycles. The Morgan fingerprint density at radius 1 is 1.15 bits per heavy atom. The van der Waals surface area contributed by atoms with Gasteiger partial charge in [-0.15, -0.1) is 21.5 Å². The number of esters is 1. The highest BCUT2D eigenvalue weighted by Crippen LogP contribution is 2.39. The highest BCUT2D eigenvalue weighted by molar-refractivity contribution is 7.99. The number of hydrogen-bond acceptors (Lipinski definition) is 10. The Labute approximate surface area is 198 Å². The van der Waals surface area contributed by atoms with Gasteiger partial charge in [0.15, 0.2) is 0 Å². The van der Waals surface area contributed by atoms with Crippen LogP contribution in [0.15, 0.2) is 27.8 Å². The number of ether oxygens (including phenoxy) is 3. The standard InChI is InChI=1S/C22H23N3O6S2/c1-28-12-8-9-15(29-2)14(10-12)19-24-25-22(31-19)32-11-17(26)23-20-18(21(27)30-3)13-6-4-5-7-16(13)33-20/h8-10H,4-7,11H2,1-3H3,(H,23,26). The summed E-state index contributed by atoms with van der Waals surface area (Å²) < 4.78 is 21.3. The molecule has 33 heavy (non-hydrogen) atoms. The van der Waals surface area contributed by atoms with Crippen LogP contribution in [0.25, 0.3) is 11.5 Å². The van der Waals surface area contributed by atoms with Crippen LogP contribution in [0.3, 0.4) is 0 Å². The van der Waals surface area contributed by atoms with E-state index in [0.717, 1.165) is 47.9 Å². The number of carbonyl (C=O) groups is 2. The number of thioether (sulfide) groups is 1. The van der Waals surface area contributed by atoms with Crippen molar-refractivity contribution in [1.82, 2.24) is 10.2 Å². The number of fused-ring (bicyclic) bond motifs is 1. The number of nitrogens with one attached hydrogen (secondary N) is 1. The van der Waals surface area contributed by atoms with Gasteiger partial charge in [0.1, 0.15) is 16.5 Å². The molecule has 11 heteroatoms. The lowest BCUT2D eigenvalue weighted by Gasteiger charge is -2.11. The molecule has 9 nitrogen and oxygen atoms in total. The zero-order valence-electron chi connectivity index (χ0n) is 18.4. The zero-order valence-corrected chi connectivity index (χ0v) is 20.1. The molecule has 3 aromatic rings. The van der Waals surface area contributed by atoms with E-state index in [9.17, 15) is 9.59 Å². The zero-order chi connectivity index (χ0) is 23.4. The Morgan fingerprint density at radius 2 is 1.97 bits per heavy atom. The van der Waals surface area contributed by atoms with Crippen molar-refractivity contribution < 1.29 is 28.2 Å². The monoisotopic (exact) mass is 489 g/mol. The molecule has 174 valence electrons. The number of nitrogens with zero attached hydrogens (tertiary/aromatic N) is 2. The normalized spacial score (nSPS) is 12.7. The highest BCUT2D eigenvalue weighted by Gasteiger charge is 2.27. The number of aromatic nitrogens is 2. The van der Waals surface area contributed by atoms with Gasteiger partial charge in [-0.3, -0.25) is 4.79 Å². The van der Waals surface area contributed by atoms with E-state index in [0.29, 0.717) is 27.6 Å². The first kappa shape index (κ1) is 23.1. The first-order chi connectivity index (χ1) is 16.0. The Bertz CT molecular complexity index is 1170. The summed E-state index contributed by atoms with van der Waals surface area (Å²) in [5.41, 5.74) is 2.06. The minimum Gasteiger partial charge on any atom is -0.497 e. The number of hydrogen-bond donors (Lipinski definition) is 1. The van der Waals surface area contributed by atoms with E-state index >= 15 is 0 Å². The molecule has 0 fully saturated rings. The molecule has 0 bridgehead atoms. The van der Waals surface area contributed by atoms with Gasteiger partial charge < -0.3 is 23.9 Å². The maximum atomic E-state index is 12.6. The van der Waals surface area contributed by atoms with Crippen LogP contribution in [0.4, 0.5) is 5.00 Å². The molecule has 2 aromatic heterocycles. The number of carbonyl (C=O) groups excluding carboxylic acids is 2. The second-order valence-corrected chi connectivity index (χ2v) is 9.21. The molecule has 1 amide bonds. The van der Waals surface area contributed by atoms with Crippen LogP contribution in [0, 0.1) is 0 Å². The molecule has 1 aliphatic carbocycles. The Balaban J connectivity index is 1.45. The highest BCUT2D eigenvalue weighted by atomic mass is 32.2. The number of amides is 1. The van der Waals surface area contributed by atoms with Gasteiger partial charge in [-0.2, -0.15) is 0 Å². The minimum absolute atomic E-state index is 0.0417. The third-order valence-corrected chi connectivity index (χ3v) is 7.21. The van der Waals surface area contributed by atoms with E-state index in [2.05, 4.69) is 15.5 Å². The summed E-state index contributed by atoms with van der Waals surface area (Å²) in [6.45, 7) is 0. The molecule has 0 atom stereocenters. The number of aryl methyl sites for hydroxylation is 1. The van der Waals surface area contributed by atoms with Crippen LogP contribution in [-0.4, -0.2) is 49.2 Å². The van der Waals surface area contributed by atoms with Crippen molar-refractivity contribution >= 4 is 40.0 Å². The Hall–Kier alpha value is -3.05. The van der Waals surface area contributed by atoms with E-state index in [1.54, 1.807) is 32.4 Å². The molecule has 1 aromatic carbocycles. The molecule has 0 radical (unpaired) electrons. The molecule has 1 aliphatic rings. The lowest BCUT2D eigenvalue weighted by atomic mass is 9.95. The lowest BCUT2D eigenvalue weighted by molar-refractivity contribution is -0.113. The topological polar surface area (TPSA) is 113 Å². The second kappa shape index (κ2) is 10.3. The summed E-state index contributed by atoms with van der Waals surface area (Å²) in [5, 5.41) is 11.7. The van der Waals surface area contributed by atoms with Crippen LogP contribution in [0.5, 0.6) is 11.5 Å². The number of rotatable bonds is 8. The number of methoxy groups -OCH3 is 3. The van der Waals surface area contributed by atoms with Crippen molar-refractivity contribution in [1.29, 1.82) is 0 Å². The van der Waals surface area contributed by atoms with Gasteiger partial charge in [0.05, 0.1) is 38.2 Å². The van der Waals surface area contributed by atoms with Gasteiger partial charge in [-0.1, -0.05) is 11.8 Å². The molecule has 0 unspecified atom stereocenters. The third kappa shape index (κ3) is 4.98. The second-order valence-electron chi connectivity index (χ2n) is 7.18. The van der Waals surface area contributed by atoms with E-state index < -0.39 is 5.97 Å². The summed E-state index contributed by atoms with van der Waals surface area (Å²) in [7, 11) is 4.46. The Kier molecular flexibility index (Phi) is 7.19. The van der Waals surface area contributed by atoms with Gasteiger partial charge in [0, 0.05) is 4.88 Å². The molecular formula is C22H23N3O6S2. The molecule has 0 aliphatic heterocycles. The average Bonchev–Trinajstić information content (AvgIpc) is 3.46. The van der Waals surface area contributed by atoms with Crippen LogP contribution in [-0.2, 0) is 22.4 Å². The third-order valence-electron chi connectivity index (χ3n) is 5.18. The fraction of sp³-hybridized carbons (Fsp3) is 0.364. The van der Waals surface area contributed by atoms with Gasteiger partial charge in [-0.05, 0) is 49.4 Å². The Morgan fingerprint density at radius 3 is 2.73 bits per heavy atom. The van der Waals surface area contributed by atoms with Gasteiger partial charge in [0.2, 0.25) is 5.91 Å². The van der Waals surface area contributed by atoms with Crippen molar-refractivity contribution in [2.75, 3.05) is 32.4 Å².